The van der Waals surface area contributed by atoms with Crippen LogP contribution in [0.2, 0.25) is 0 Å². The number of hydrogen-bond donors (Lipinski definition) is 1. The number of halogens is 2. The second-order valence-corrected chi connectivity index (χ2v) is 9.89. The lowest BCUT2D eigenvalue weighted by atomic mass is 9.97. The lowest BCUT2D eigenvalue weighted by Gasteiger charge is -2.30. The molecule has 2 aromatic heterocycles. The molecular formula is C22H23F2N5O3S. The number of sulfonamides is 1. The van der Waals surface area contributed by atoms with Crippen LogP contribution in [0.15, 0.2) is 47.5 Å². The molecule has 0 unspecified atom stereocenters. The summed E-state index contributed by atoms with van der Waals surface area (Å²) >= 11 is 0. The van der Waals surface area contributed by atoms with Gasteiger partial charge in [-0.2, -0.15) is 9.40 Å². The van der Waals surface area contributed by atoms with E-state index in [4.69, 9.17) is 0 Å². The summed E-state index contributed by atoms with van der Waals surface area (Å²) in [4.78, 5) is 16.3. The number of nitrogens with zero attached hydrogens (tertiary/aromatic N) is 4. The highest BCUT2D eigenvalue weighted by Crippen LogP contribution is 2.27. The molecule has 3 heterocycles. The van der Waals surface area contributed by atoms with E-state index in [1.54, 1.807) is 16.8 Å². The zero-order valence-electron chi connectivity index (χ0n) is 18.1. The molecule has 1 saturated heterocycles. The summed E-state index contributed by atoms with van der Waals surface area (Å²) in [5.41, 5.74) is 2.33. The number of hydrogen-bond acceptors (Lipinski definition) is 5. The zero-order chi connectivity index (χ0) is 23.8. The monoisotopic (exact) mass is 475 g/mol. The van der Waals surface area contributed by atoms with Crippen LogP contribution in [0.3, 0.4) is 0 Å². The molecule has 1 aromatic carbocycles. The van der Waals surface area contributed by atoms with Gasteiger partial charge in [0.05, 0.1) is 17.6 Å². The number of anilines is 1. The first kappa shape index (κ1) is 23.0. The van der Waals surface area contributed by atoms with E-state index >= 15 is 0 Å². The van der Waals surface area contributed by atoms with Crippen LogP contribution >= 0.6 is 0 Å². The van der Waals surface area contributed by atoms with Crippen LogP contribution in [0, 0.1) is 31.4 Å². The number of carbonyl (C=O) groups excluding carboxylic acids is 1. The first-order valence-electron chi connectivity index (χ1n) is 10.4. The average Bonchev–Trinajstić information content (AvgIpc) is 3.13. The molecular weight excluding hydrogens is 452 g/mol. The third-order valence-corrected chi connectivity index (χ3v) is 7.49. The molecule has 174 valence electrons. The Bertz CT molecular complexity index is 1280. The number of pyridine rings is 1. The van der Waals surface area contributed by atoms with Crippen LogP contribution in [-0.2, 0) is 14.8 Å². The summed E-state index contributed by atoms with van der Waals surface area (Å²) in [5.74, 6) is -1.87. The molecule has 1 amide bonds. The van der Waals surface area contributed by atoms with Crippen LogP contribution in [-0.4, -0.2) is 46.5 Å². The standard InChI is InChI=1S/C22H23F2N5O3S/c1-14-11-15(2)29(27-14)21-6-4-18(13-25-21)26-22(30)16-7-9-28(10-8-16)33(31,32)20-12-17(23)3-5-19(20)24/h3-6,11-13,16H,7-10H2,1-2H3,(H,26,30). The fourth-order valence-corrected chi connectivity index (χ4v) is 5.41. The van der Waals surface area contributed by atoms with Crippen LogP contribution in [0.5, 0.6) is 0 Å². The number of benzene rings is 1. The molecule has 0 atom stereocenters. The number of carbonyl (C=O) groups is 1. The predicted octanol–water partition coefficient (Wildman–Crippen LogP) is 3.20. The van der Waals surface area contributed by atoms with Crippen molar-refractivity contribution in [2.24, 2.45) is 5.92 Å². The second kappa shape index (κ2) is 8.99. The molecule has 1 aliphatic rings. The summed E-state index contributed by atoms with van der Waals surface area (Å²) in [6.45, 7) is 3.88. The van der Waals surface area contributed by atoms with E-state index in [0.29, 0.717) is 17.6 Å². The third-order valence-electron chi connectivity index (χ3n) is 5.58. The minimum absolute atomic E-state index is 0.0332. The minimum atomic E-state index is -4.19. The minimum Gasteiger partial charge on any atom is -0.324 e. The van der Waals surface area contributed by atoms with Crippen molar-refractivity contribution in [1.29, 1.82) is 0 Å². The Kier molecular flexibility index (Phi) is 6.26. The van der Waals surface area contributed by atoms with Crippen LogP contribution in [0.4, 0.5) is 14.5 Å². The zero-order valence-corrected chi connectivity index (χ0v) is 18.9. The second-order valence-electron chi connectivity index (χ2n) is 7.99. The van der Waals surface area contributed by atoms with Crippen molar-refractivity contribution < 1.29 is 22.0 Å². The fourth-order valence-electron chi connectivity index (χ4n) is 3.86. The fraction of sp³-hybridized carbons (Fsp3) is 0.318. The van der Waals surface area contributed by atoms with Gasteiger partial charge in [-0.25, -0.2) is 26.9 Å². The lowest BCUT2D eigenvalue weighted by molar-refractivity contribution is -0.120. The van der Waals surface area contributed by atoms with E-state index in [1.807, 2.05) is 19.9 Å². The number of rotatable bonds is 5. The quantitative estimate of drug-likeness (QED) is 0.611. The topological polar surface area (TPSA) is 97.2 Å². The van der Waals surface area contributed by atoms with Crippen molar-refractivity contribution in [2.75, 3.05) is 18.4 Å². The first-order chi connectivity index (χ1) is 15.6. The highest BCUT2D eigenvalue weighted by Gasteiger charge is 2.33. The Morgan fingerprint density at radius 2 is 1.82 bits per heavy atom. The summed E-state index contributed by atoms with van der Waals surface area (Å²) in [6.07, 6.45) is 2.06. The first-order valence-corrected chi connectivity index (χ1v) is 11.8. The Morgan fingerprint density at radius 1 is 1.09 bits per heavy atom. The van der Waals surface area contributed by atoms with Gasteiger partial charge in [0.25, 0.3) is 0 Å². The molecule has 3 aromatic rings. The summed E-state index contributed by atoms with van der Waals surface area (Å²) < 4.78 is 55.6. The molecule has 0 spiro atoms. The Balaban J connectivity index is 1.38. The number of amides is 1. The van der Waals surface area contributed by atoms with E-state index in [9.17, 15) is 22.0 Å². The number of aromatic nitrogens is 3. The molecule has 8 nitrogen and oxygen atoms in total. The Labute approximate surface area is 190 Å². The molecule has 1 N–H and O–H groups in total. The normalized spacial score (nSPS) is 15.5. The van der Waals surface area contributed by atoms with Gasteiger partial charge in [-0.15, -0.1) is 0 Å². The van der Waals surface area contributed by atoms with Crippen LogP contribution in [0.25, 0.3) is 5.82 Å². The highest BCUT2D eigenvalue weighted by atomic mass is 32.2. The van der Waals surface area contributed by atoms with Gasteiger partial charge in [-0.05, 0) is 63.1 Å². The van der Waals surface area contributed by atoms with Crippen molar-refractivity contribution in [3.63, 3.8) is 0 Å². The molecule has 0 saturated carbocycles. The van der Waals surface area contributed by atoms with Gasteiger partial charge in [-0.1, -0.05) is 0 Å². The Morgan fingerprint density at radius 3 is 2.42 bits per heavy atom. The van der Waals surface area contributed by atoms with E-state index in [1.165, 1.54) is 6.20 Å². The largest absolute Gasteiger partial charge is 0.324 e. The van der Waals surface area contributed by atoms with Crippen LogP contribution < -0.4 is 5.32 Å². The average molecular weight is 476 g/mol. The van der Waals surface area contributed by atoms with E-state index < -0.39 is 32.5 Å². The number of aryl methyl sites for hydroxylation is 2. The SMILES string of the molecule is Cc1cc(C)n(-c2ccc(NC(=O)C3CCN(S(=O)(=O)c4cc(F)ccc4F)CC3)cn2)n1. The summed E-state index contributed by atoms with van der Waals surface area (Å²) in [6, 6.07) is 7.74. The van der Waals surface area contributed by atoms with Crippen molar-refractivity contribution >= 4 is 21.6 Å². The van der Waals surface area contributed by atoms with Gasteiger partial charge < -0.3 is 5.32 Å². The molecule has 1 fully saturated rings. The van der Waals surface area contributed by atoms with Gasteiger partial charge in [-0.3, -0.25) is 4.79 Å². The van der Waals surface area contributed by atoms with Gasteiger partial charge in [0.15, 0.2) is 5.82 Å². The highest BCUT2D eigenvalue weighted by molar-refractivity contribution is 7.89. The van der Waals surface area contributed by atoms with Crippen molar-refractivity contribution in [1.82, 2.24) is 19.1 Å². The number of nitrogens with one attached hydrogen (secondary N) is 1. The van der Waals surface area contributed by atoms with Gasteiger partial charge in [0.1, 0.15) is 16.5 Å². The maximum Gasteiger partial charge on any atom is 0.246 e. The maximum atomic E-state index is 14.0. The van der Waals surface area contributed by atoms with E-state index in [0.717, 1.165) is 27.8 Å². The molecule has 1 aliphatic heterocycles. The van der Waals surface area contributed by atoms with E-state index in [2.05, 4.69) is 15.4 Å². The van der Waals surface area contributed by atoms with Crippen molar-refractivity contribution in [3.8, 4) is 5.82 Å². The molecule has 0 aliphatic carbocycles. The van der Waals surface area contributed by atoms with Gasteiger partial charge >= 0.3 is 0 Å². The Hall–Kier alpha value is -3.18. The smallest absolute Gasteiger partial charge is 0.246 e. The van der Waals surface area contributed by atoms with Gasteiger partial charge in [0, 0.05) is 24.7 Å². The molecule has 11 heteroatoms. The summed E-state index contributed by atoms with van der Waals surface area (Å²) in [5, 5.41) is 7.18. The maximum absolute atomic E-state index is 14.0. The van der Waals surface area contributed by atoms with Crippen molar-refractivity contribution in [3.05, 3.63) is 65.6 Å². The molecule has 0 bridgehead atoms. The van der Waals surface area contributed by atoms with Crippen LogP contribution in [0.1, 0.15) is 24.2 Å². The van der Waals surface area contributed by atoms with Crippen molar-refractivity contribution in [2.45, 2.75) is 31.6 Å². The number of piperidine rings is 1. The molecule has 0 radical (unpaired) electrons. The van der Waals surface area contributed by atoms with Gasteiger partial charge in [0.2, 0.25) is 15.9 Å². The third kappa shape index (κ3) is 4.79. The molecule has 4 rings (SSSR count). The van der Waals surface area contributed by atoms with E-state index in [-0.39, 0.29) is 31.8 Å². The summed E-state index contributed by atoms with van der Waals surface area (Å²) in [7, 11) is -4.19. The lowest BCUT2D eigenvalue weighted by Crippen LogP contribution is -2.41. The molecule has 33 heavy (non-hydrogen) atoms. The predicted molar refractivity (Wildman–Crippen MR) is 117 cm³/mol.